The smallest absolute Gasteiger partial charge is 0.290 e. The Labute approximate surface area is 221 Å². The molecule has 2 heterocycles. The summed E-state index contributed by atoms with van der Waals surface area (Å²) in [6, 6.07) is 16.0. The fourth-order valence-corrected chi connectivity index (χ4v) is 5.26. The van der Waals surface area contributed by atoms with Gasteiger partial charge in [-0.05, 0) is 66.4 Å². The van der Waals surface area contributed by atoms with Crippen molar-refractivity contribution in [2.45, 2.75) is 19.4 Å². The van der Waals surface area contributed by atoms with Gasteiger partial charge in [-0.3, -0.25) is 9.59 Å². The van der Waals surface area contributed by atoms with Gasteiger partial charge in [0.2, 0.25) is 5.76 Å². The Morgan fingerprint density at radius 3 is 2.53 bits per heavy atom. The van der Waals surface area contributed by atoms with Crippen molar-refractivity contribution < 1.29 is 18.7 Å². The molecule has 8 heteroatoms. The minimum atomic E-state index is -0.592. The van der Waals surface area contributed by atoms with E-state index in [0.29, 0.717) is 46.0 Å². The van der Waals surface area contributed by atoms with Gasteiger partial charge in [-0.1, -0.05) is 45.7 Å². The van der Waals surface area contributed by atoms with E-state index in [-0.39, 0.29) is 17.1 Å². The van der Waals surface area contributed by atoms with E-state index >= 15 is 0 Å². The summed E-state index contributed by atoms with van der Waals surface area (Å²) < 4.78 is 17.7. The van der Waals surface area contributed by atoms with E-state index in [2.05, 4.69) is 15.9 Å². The van der Waals surface area contributed by atoms with Crippen LogP contribution in [0.2, 0.25) is 5.02 Å². The summed E-state index contributed by atoms with van der Waals surface area (Å²) >= 11 is 9.84. The second-order valence-corrected chi connectivity index (χ2v) is 9.99. The molecular weight excluding hydrogens is 546 g/mol. The second-order valence-electron chi connectivity index (χ2n) is 8.67. The molecule has 3 aromatic carbocycles. The summed E-state index contributed by atoms with van der Waals surface area (Å²) in [7, 11) is 3.17. The van der Waals surface area contributed by atoms with Crippen molar-refractivity contribution in [2.75, 3.05) is 20.8 Å². The molecule has 1 atom stereocenters. The predicted molar refractivity (Wildman–Crippen MR) is 143 cm³/mol. The van der Waals surface area contributed by atoms with Gasteiger partial charge in [-0.15, -0.1) is 0 Å². The Morgan fingerprint density at radius 1 is 1.03 bits per heavy atom. The number of aryl methyl sites for hydroxylation is 1. The molecular formula is C28H23BrClNO5. The monoisotopic (exact) mass is 567 g/mol. The molecule has 0 bridgehead atoms. The van der Waals surface area contributed by atoms with Crippen LogP contribution in [0.15, 0.2) is 68.3 Å². The second kappa shape index (κ2) is 9.64. The van der Waals surface area contributed by atoms with Gasteiger partial charge in [0.25, 0.3) is 5.91 Å². The van der Waals surface area contributed by atoms with Crippen molar-refractivity contribution in [1.82, 2.24) is 4.90 Å². The van der Waals surface area contributed by atoms with Crippen LogP contribution in [-0.2, 0) is 6.42 Å². The van der Waals surface area contributed by atoms with E-state index in [1.165, 1.54) is 0 Å². The Kier molecular flexibility index (Phi) is 6.53. The Balaban J connectivity index is 1.61. The third-order valence-corrected chi connectivity index (χ3v) is 7.40. The Bertz CT molecular complexity index is 1560. The van der Waals surface area contributed by atoms with E-state index in [1.807, 2.05) is 49.4 Å². The maximum Gasteiger partial charge on any atom is 0.290 e. The number of carbonyl (C=O) groups is 1. The highest BCUT2D eigenvalue weighted by Crippen LogP contribution is 2.39. The number of methoxy groups -OCH3 is 2. The molecule has 5 rings (SSSR count). The summed E-state index contributed by atoms with van der Waals surface area (Å²) in [6.07, 6.45) is 0.545. The van der Waals surface area contributed by atoms with Gasteiger partial charge in [-0.2, -0.15) is 0 Å². The van der Waals surface area contributed by atoms with Crippen molar-refractivity contribution in [3.8, 4) is 11.5 Å². The summed E-state index contributed by atoms with van der Waals surface area (Å²) in [4.78, 5) is 29.1. The number of nitrogens with zero attached hydrogens (tertiary/aromatic N) is 1. The lowest BCUT2D eigenvalue weighted by molar-refractivity contribution is 0.0730. The first-order chi connectivity index (χ1) is 17.3. The van der Waals surface area contributed by atoms with Crippen molar-refractivity contribution in [3.05, 3.63) is 102 Å². The fraction of sp³-hybridized carbons (Fsp3) is 0.214. The first kappa shape index (κ1) is 24.4. The topological polar surface area (TPSA) is 69.0 Å². The normalized spacial score (nSPS) is 14.9. The van der Waals surface area contributed by atoms with E-state index in [9.17, 15) is 9.59 Å². The number of carbonyl (C=O) groups excluding carboxylic acids is 1. The largest absolute Gasteiger partial charge is 0.493 e. The van der Waals surface area contributed by atoms with E-state index in [1.54, 1.807) is 31.3 Å². The Hall–Kier alpha value is -3.29. The molecule has 0 saturated heterocycles. The standard InChI is InChI=1S/C28H23BrClNO5/c1-15-11-22-19(14-20(15)30)26(32)24-25(17-5-4-6-18(29)13-17)31(28(33)27(24)36-22)10-9-16-7-8-21(34-2)23(12-16)35-3/h4-8,11-14,25H,9-10H2,1-3H3. The van der Waals surface area contributed by atoms with Crippen LogP contribution in [0.1, 0.15) is 38.9 Å². The molecule has 4 aromatic rings. The zero-order chi connectivity index (χ0) is 25.6. The molecule has 1 amide bonds. The van der Waals surface area contributed by atoms with Gasteiger partial charge in [0.1, 0.15) is 5.58 Å². The minimum absolute atomic E-state index is 0.0755. The lowest BCUT2D eigenvalue weighted by atomic mass is 9.98. The summed E-state index contributed by atoms with van der Waals surface area (Å²) in [5.74, 6) is 1.01. The first-order valence-corrected chi connectivity index (χ1v) is 12.5. The number of amides is 1. The lowest BCUT2D eigenvalue weighted by Gasteiger charge is -2.25. The van der Waals surface area contributed by atoms with E-state index in [4.69, 9.17) is 25.5 Å². The molecule has 1 aliphatic rings. The molecule has 6 nitrogen and oxygen atoms in total. The van der Waals surface area contributed by atoms with Crippen molar-refractivity contribution in [3.63, 3.8) is 0 Å². The number of rotatable bonds is 6. The van der Waals surface area contributed by atoms with Crippen LogP contribution in [-0.4, -0.2) is 31.6 Å². The number of ether oxygens (including phenoxy) is 2. The molecule has 36 heavy (non-hydrogen) atoms. The number of halogens is 2. The third-order valence-electron chi connectivity index (χ3n) is 6.50. The number of benzene rings is 3. The van der Waals surface area contributed by atoms with Crippen molar-refractivity contribution in [2.24, 2.45) is 0 Å². The fourth-order valence-electron chi connectivity index (χ4n) is 4.68. The zero-order valence-corrected chi connectivity index (χ0v) is 22.3. The van der Waals surface area contributed by atoms with E-state index < -0.39 is 6.04 Å². The molecule has 184 valence electrons. The van der Waals surface area contributed by atoms with E-state index in [0.717, 1.165) is 21.2 Å². The molecule has 0 fully saturated rings. The molecule has 1 aliphatic heterocycles. The zero-order valence-electron chi connectivity index (χ0n) is 19.9. The molecule has 0 aliphatic carbocycles. The average molecular weight is 569 g/mol. The van der Waals surface area contributed by atoms with Gasteiger partial charge >= 0.3 is 0 Å². The van der Waals surface area contributed by atoms with Gasteiger partial charge < -0.3 is 18.8 Å². The summed E-state index contributed by atoms with van der Waals surface area (Å²) in [5, 5.41) is 0.835. The van der Waals surface area contributed by atoms with Gasteiger partial charge in [0.05, 0.1) is 31.2 Å². The molecule has 0 saturated carbocycles. The minimum Gasteiger partial charge on any atom is -0.493 e. The average Bonchev–Trinajstić information content (AvgIpc) is 3.15. The molecule has 0 spiro atoms. The number of hydrogen-bond donors (Lipinski definition) is 0. The maximum absolute atomic E-state index is 13.7. The van der Waals surface area contributed by atoms with Crippen LogP contribution >= 0.6 is 27.5 Å². The first-order valence-electron chi connectivity index (χ1n) is 11.4. The van der Waals surface area contributed by atoms with Crippen LogP contribution < -0.4 is 14.9 Å². The van der Waals surface area contributed by atoms with Crippen molar-refractivity contribution in [1.29, 1.82) is 0 Å². The lowest BCUT2D eigenvalue weighted by Crippen LogP contribution is -2.31. The SMILES string of the molecule is COc1ccc(CCN2C(=O)c3oc4cc(C)c(Cl)cc4c(=O)c3C2c2cccc(Br)c2)cc1OC. The molecule has 0 radical (unpaired) electrons. The highest BCUT2D eigenvalue weighted by molar-refractivity contribution is 9.10. The highest BCUT2D eigenvalue weighted by Gasteiger charge is 2.42. The third kappa shape index (κ3) is 4.16. The van der Waals surface area contributed by atoms with Crippen molar-refractivity contribution >= 4 is 44.4 Å². The van der Waals surface area contributed by atoms with Gasteiger partial charge in [-0.25, -0.2) is 0 Å². The van der Waals surface area contributed by atoms with Crippen LogP contribution in [0, 0.1) is 6.92 Å². The number of hydrogen-bond acceptors (Lipinski definition) is 5. The Morgan fingerprint density at radius 2 is 1.81 bits per heavy atom. The molecule has 1 aromatic heterocycles. The predicted octanol–water partition coefficient (Wildman–Crippen LogP) is 6.32. The molecule has 1 unspecified atom stereocenters. The van der Waals surface area contributed by atoms with Gasteiger partial charge in [0.15, 0.2) is 16.9 Å². The van der Waals surface area contributed by atoms with Crippen LogP contribution in [0.25, 0.3) is 11.0 Å². The van der Waals surface area contributed by atoms with Crippen LogP contribution in [0.4, 0.5) is 0 Å². The maximum atomic E-state index is 13.7. The number of fused-ring (bicyclic) bond motifs is 2. The quantitative estimate of drug-likeness (QED) is 0.272. The van der Waals surface area contributed by atoms with Gasteiger partial charge in [0, 0.05) is 16.0 Å². The van der Waals surface area contributed by atoms with Crippen LogP contribution in [0.5, 0.6) is 11.5 Å². The highest BCUT2D eigenvalue weighted by atomic mass is 79.9. The van der Waals surface area contributed by atoms with Crippen LogP contribution in [0.3, 0.4) is 0 Å². The summed E-state index contributed by atoms with van der Waals surface area (Å²) in [6.45, 7) is 2.20. The molecule has 0 N–H and O–H groups in total. The summed E-state index contributed by atoms with van der Waals surface area (Å²) in [5.41, 5.74) is 2.98.